The second-order valence-corrected chi connectivity index (χ2v) is 20.1. The SMILES string of the molecule is COc1cc(C=CC(=O)O)c(C(C)CC[Si]C(O[Si](C)(C)C)O[Si](C)(C)C)c(OC)c1OC. The monoisotopic (exact) mass is 512 g/mol. The largest absolute Gasteiger partial charge is 0.493 e. The third kappa shape index (κ3) is 10.0. The van der Waals surface area contributed by atoms with Crippen LogP contribution in [0.15, 0.2) is 12.1 Å². The summed E-state index contributed by atoms with van der Waals surface area (Å²) in [6, 6.07) is 2.71. The molecule has 1 atom stereocenters. The number of hydrogen-bond donors (Lipinski definition) is 1. The second-order valence-electron chi connectivity index (χ2n) is 9.76. The van der Waals surface area contributed by atoms with Crippen molar-refractivity contribution >= 4 is 38.2 Å². The van der Waals surface area contributed by atoms with E-state index in [1.54, 1.807) is 33.5 Å². The van der Waals surface area contributed by atoms with Crippen molar-refractivity contribution in [3.05, 3.63) is 23.3 Å². The Bertz CT molecular complexity index is 798. The van der Waals surface area contributed by atoms with Crippen LogP contribution >= 0.6 is 0 Å². The van der Waals surface area contributed by atoms with Crippen molar-refractivity contribution in [3.8, 4) is 17.2 Å². The molecule has 0 aromatic heterocycles. The molecule has 0 aliphatic heterocycles. The van der Waals surface area contributed by atoms with Crippen molar-refractivity contribution in [1.29, 1.82) is 0 Å². The van der Waals surface area contributed by atoms with Crippen LogP contribution in [-0.2, 0) is 13.6 Å². The van der Waals surface area contributed by atoms with Gasteiger partial charge in [0.2, 0.25) is 5.75 Å². The van der Waals surface area contributed by atoms with Gasteiger partial charge >= 0.3 is 5.97 Å². The Morgan fingerprint density at radius 2 is 1.55 bits per heavy atom. The molecule has 0 amide bonds. The summed E-state index contributed by atoms with van der Waals surface area (Å²) >= 11 is 0. The minimum atomic E-state index is -1.74. The molecule has 0 saturated heterocycles. The Morgan fingerprint density at radius 3 is 1.97 bits per heavy atom. The molecule has 0 aliphatic rings. The van der Waals surface area contributed by atoms with Crippen LogP contribution in [0.25, 0.3) is 6.08 Å². The first kappa shape index (κ1) is 29.4. The predicted octanol–water partition coefficient (Wildman–Crippen LogP) is 5.41. The summed E-state index contributed by atoms with van der Waals surface area (Å²) < 4.78 is 29.4. The van der Waals surface area contributed by atoms with E-state index in [1.165, 1.54) is 0 Å². The van der Waals surface area contributed by atoms with Gasteiger partial charge in [0.1, 0.15) is 15.4 Å². The van der Waals surface area contributed by atoms with Crippen LogP contribution in [0.3, 0.4) is 0 Å². The van der Waals surface area contributed by atoms with Crippen LogP contribution < -0.4 is 14.2 Å². The lowest BCUT2D eigenvalue weighted by molar-refractivity contribution is -0.131. The van der Waals surface area contributed by atoms with Gasteiger partial charge in [0.05, 0.1) is 21.3 Å². The number of methoxy groups -OCH3 is 3. The number of carboxylic acid groups (broad SMARTS) is 1. The molecule has 7 nitrogen and oxygen atoms in total. The van der Waals surface area contributed by atoms with E-state index >= 15 is 0 Å². The van der Waals surface area contributed by atoms with Gasteiger partial charge < -0.3 is 28.2 Å². The predicted molar refractivity (Wildman–Crippen MR) is 139 cm³/mol. The van der Waals surface area contributed by atoms with Gasteiger partial charge in [-0.2, -0.15) is 0 Å². The Balaban J connectivity index is 3.20. The molecule has 33 heavy (non-hydrogen) atoms. The van der Waals surface area contributed by atoms with Gasteiger partial charge in [0.15, 0.2) is 28.1 Å². The van der Waals surface area contributed by atoms with Crippen molar-refractivity contribution in [2.75, 3.05) is 21.3 Å². The molecule has 0 aliphatic carbocycles. The molecule has 186 valence electrons. The van der Waals surface area contributed by atoms with Crippen LogP contribution in [0.1, 0.15) is 30.4 Å². The lowest BCUT2D eigenvalue weighted by Gasteiger charge is -2.31. The summed E-state index contributed by atoms with van der Waals surface area (Å²) in [4.78, 5) is 11.2. The number of carbonyl (C=O) groups is 1. The second kappa shape index (κ2) is 12.7. The summed E-state index contributed by atoms with van der Waals surface area (Å²) in [5.41, 5.74) is 1.63. The van der Waals surface area contributed by atoms with Gasteiger partial charge in [-0.15, -0.1) is 0 Å². The number of rotatable bonds is 14. The van der Waals surface area contributed by atoms with Gasteiger partial charge in [0, 0.05) is 11.6 Å². The highest BCUT2D eigenvalue weighted by Gasteiger charge is 2.28. The average Bonchev–Trinajstić information content (AvgIpc) is 2.67. The zero-order valence-electron chi connectivity index (χ0n) is 21.7. The molecule has 1 rings (SSSR count). The molecule has 0 fully saturated rings. The molecule has 0 spiro atoms. The van der Waals surface area contributed by atoms with Gasteiger partial charge in [-0.1, -0.05) is 13.0 Å². The minimum absolute atomic E-state index is 0.0834. The number of aliphatic carboxylic acids is 1. The molecular weight excluding hydrogens is 473 g/mol. The van der Waals surface area contributed by atoms with Crippen molar-refractivity contribution in [3.63, 3.8) is 0 Å². The number of ether oxygens (including phenoxy) is 3. The first-order chi connectivity index (χ1) is 15.2. The zero-order valence-corrected chi connectivity index (χ0v) is 24.7. The number of benzene rings is 1. The molecule has 1 N–H and O–H groups in total. The lowest BCUT2D eigenvalue weighted by atomic mass is 9.91. The quantitative estimate of drug-likeness (QED) is 0.203. The highest BCUT2D eigenvalue weighted by Crippen LogP contribution is 2.46. The fourth-order valence-electron chi connectivity index (χ4n) is 3.32. The Morgan fingerprint density at radius 1 is 1.00 bits per heavy atom. The van der Waals surface area contributed by atoms with E-state index in [0.29, 0.717) is 26.8 Å². The first-order valence-corrected chi connectivity index (χ1v) is 19.1. The van der Waals surface area contributed by atoms with E-state index in [0.717, 1.165) is 29.7 Å². The first-order valence-electron chi connectivity index (χ1n) is 11.0. The summed E-state index contributed by atoms with van der Waals surface area (Å²) in [5.74, 6) is 0.446. The standard InChI is InChI=1S/C23H40O7Si3/c1-16(13-14-31-23(29-32(5,6)7)30-33(8,9)10)20-17(11-12-19(24)25)15-18(26-2)21(27-3)22(20)28-4/h11-12,15-16,23H,13-14H2,1-10H3,(H,24,25). The third-order valence-corrected chi connectivity index (χ3v) is 8.07. The Hall–Kier alpha value is -1.60. The van der Waals surface area contributed by atoms with Crippen molar-refractivity contribution in [2.24, 2.45) is 0 Å². The van der Waals surface area contributed by atoms with Gasteiger partial charge in [-0.05, 0) is 69.3 Å². The molecule has 10 heteroatoms. The molecule has 1 aromatic carbocycles. The topological polar surface area (TPSA) is 83.5 Å². The van der Waals surface area contributed by atoms with E-state index in [4.69, 9.17) is 28.2 Å². The highest BCUT2D eigenvalue weighted by molar-refractivity contribution is 6.71. The molecule has 1 aromatic rings. The van der Waals surface area contributed by atoms with Crippen LogP contribution in [0.5, 0.6) is 17.2 Å². The number of hydrogen-bond acceptors (Lipinski definition) is 6. The Labute approximate surface area is 203 Å². The minimum Gasteiger partial charge on any atom is -0.493 e. The van der Waals surface area contributed by atoms with E-state index in [1.807, 2.05) is 0 Å². The Kier molecular flexibility index (Phi) is 11.4. The van der Waals surface area contributed by atoms with Crippen molar-refractivity contribution in [2.45, 2.75) is 70.5 Å². The molecule has 0 bridgehead atoms. The van der Waals surface area contributed by atoms with E-state index in [9.17, 15) is 4.79 Å². The van der Waals surface area contributed by atoms with Crippen LogP contribution in [-0.4, -0.2) is 64.5 Å². The summed E-state index contributed by atoms with van der Waals surface area (Å²) in [6.07, 6.45) is 3.56. The fourth-order valence-corrected chi connectivity index (χ4v) is 8.42. The van der Waals surface area contributed by atoms with E-state index in [2.05, 4.69) is 46.2 Å². The van der Waals surface area contributed by atoms with E-state index in [-0.39, 0.29) is 11.8 Å². The molecule has 0 saturated carbocycles. The molecular formula is C23H40O7Si3. The normalized spacial score (nSPS) is 13.4. The van der Waals surface area contributed by atoms with E-state index < -0.39 is 22.6 Å². The lowest BCUT2D eigenvalue weighted by Crippen LogP contribution is -2.43. The van der Waals surface area contributed by atoms with Gasteiger partial charge in [0.25, 0.3) is 0 Å². The summed E-state index contributed by atoms with van der Waals surface area (Å²) in [5, 5.41) is 9.15. The average molecular weight is 513 g/mol. The van der Waals surface area contributed by atoms with Crippen LogP contribution in [0.2, 0.25) is 45.3 Å². The van der Waals surface area contributed by atoms with Gasteiger partial charge in [-0.25, -0.2) is 4.79 Å². The summed E-state index contributed by atoms with van der Waals surface area (Å²) in [7, 11) is 1.72. The highest BCUT2D eigenvalue weighted by atomic mass is 28.4. The summed E-state index contributed by atoms with van der Waals surface area (Å²) in [6.45, 7) is 15.2. The van der Waals surface area contributed by atoms with Crippen LogP contribution in [0, 0.1) is 0 Å². The van der Waals surface area contributed by atoms with Crippen molar-refractivity contribution < 1.29 is 33.0 Å². The molecule has 0 heterocycles. The van der Waals surface area contributed by atoms with Crippen LogP contribution in [0.4, 0.5) is 0 Å². The fraction of sp³-hybridized carbons (Fsp3) is 0.609. The molecule has 2 radical (unpaired) electrons. The number of carboxylic acids is 1. The maximum absolute atomic E-state index is 11.2. The maximum atomic E-state index is 11.2. The third-order valence-electron chi connectivity index (χ3n) is 4.61. The van der Waals surface area contributed by atoms with Crippen molar-refractivity contribution in [1.82, 2.24) is 0 Å². The maximum Gasteiger partial charge on any atom is 0.328 e. The van der Waals surface area contributed by atoms with Gasteiger partial charge in [-0.3, -0.25) is 0 Å². The zero-order chi connectivity index (χ0) is 25.4. The smallest absolute Gasteiger partial charge is 0.328 e. The molecule has 1 unspecified atom stereocenters.